The van der Waals surface area contributed by atoms with Crippen LogP contribution in [0.5, 0.6) is 5.75 Å². The third-order valence-corrected chi connectivity index (χ3v) is 4.50. The van der Waals surface area contributed by atoms with Crippen molar-refractivity contribution in [2.75, 3.05) is 13.7 Å². The molecular formula is C15H17NO4S. The molecule has 0 aromatic heterocycles. The topological polar surface area (TPSA) is 75.6 Å². The first-order valence-electron chi connectivity index (χ1n) is 6.39. The van der Waals surface area contributed by atoms with Crippen LogP contribution >= 0.6 is 0 Å². The molecule has 112 valence electrons. The van der Waals surface area contributed by atoms with Crippen LogP contribution in [0.15, 0.2) is 59.5 Å². The smallest absolute Gasteiger partial charge is 0.241 e. The van der Waals surface area contributed by atoms with E-state index < -0.39 is 16.1 Å². The zero-order valence-corrected chi connectivity index (χ0v) is 12.4. The lowest BCUT2D eigenvalue weighted by Crippen LogP contribution is -2.30. The van der Waals surface area contributed by atoms with Crippen LogP contribution in [-0.4, -0.2) is 27.2 Å². The molecular weight excluding hydrogens is 290 g/mol. The Hall–Kier alpha value is -1.89. The van der Waals surface area contributed by atoms with Gasteiger partial charge >= 0.3 is 0 Å². The Morgan fingerprint density at radius 1 is 1.14 bits per heavy atom. The van der Waals surface area contributed by atoms with Crippen molar-refractivity contribution in [1.82, 2.24) is 4.72 Å². The summed E-state index contributed by atoms with van der Waals surface area (Å²) in [5.41, 5.74) is 0.700. The van der Waals surface area contributed by atoms with Crippen LogP contribution in [0.3, 0.4) is 0 Å². The molecule has 0 unspecified atom stereocenters. The van der Waals surface area contributed by atoms with Gasteiger partial charge in [0.05, 0.1) is 24.7 Å². The minimum absolute atomic E-state index is 0.0937. The zero-order chi connectivity index (χ0) is 15.3. The summed E-state index contributed by atoms with van der Waals surface area (Å²) in [6.07, 6.45) is 0. The molecule has 6 heteroatoms. The first kappa shape index (κ1) is 15.5. The van der Waals surface area contributed by atoms with E-state index in [9.17, 15) is 13.5 Å². The number of hydrogen-bond donors (Lipinski definition) is 2. The zero-order valence-electron chi connectivity index (χ0n) is 11.6. The Morgan fingerprint density at radius 3 is 2.48 bits per heavy atom. The summed E-state index contributed by atoms with van der Waals surface area (Å²) < 4.78 is 32.2. The number of methoxy groups -OCH3 is 1. The highest BCUT2D eigenvalue weighted by Crippen LogP contribution is 2.20. The highest BCUT2D eigenvalue weighted by atomic mass is 32.2. The molecule has 2 N–H and O–H groups in total. The molecule has 0 bridgehead atoms. The molecule has 0 amide bonds. The predicted octanol–water partition coefficient (Wildman–Crippen LogP) is 1.71. The number of ether oxygens (including phenoxy) is 1. The molecule has 2 rings (SSSR count). The van der Waals surface area contributed by atoms with E-state index in [1.807, 2.05) is 6.07 Å². The largest absolute Gasteiger partial charge is 0.497 e. The summed E-state index contributed by atoms with van der Waals surface area (Å²) in [5, 5.41) is 9.44. The third kappa shape index (κ3) is 3.81. The Labute approximate surface area is 124 Å². The maximum atomic E-state index is 12.4. The van der Waals surface area contributed by atoms with E-state index in [1.54, 1.807) is 36.4 Å². The standard InChI is InChI=1S/C15H17NO4S/c1-20-13-8-5-9-14(10-13)21(18,19)16-15(11-17)12-6-3-2-4-7-12/h2-10,15-17H,11H2,1H3/t15-/m0/s1. The molecule has 0 heterocycles. The van der Waals surface area contributed by atoms with Gasteiger partial charge in [-0.15, -0.1) is 0 Å². The van der Waals surface area contributed by atoms with Gasteiger partial charge in [0, 0.05) is 6.07 Å². The molecule has 0 aliphatic carbocycles. The van der Waals surface area contributed by atoms with Gasteiger partial charge in [-0.05, 0) is 17.7 Å². The molecule has 0 saturated carbocycles. The summed E-state index contributed by atoms with van der Waals surface area (Å²) in [7, 11) is -2.27. The first-order chi connectivity index (χ1) is 10.1. The second-order valence-electron chi connectivity index (χ2n) is 4.45. The van der Waals surface area contributed by atoms with Gasteiger partial charge in [0.15, 0.2) is 0 Å². The fourth-order valence-corrected chi connectivity index (χ4v) is 3.17. The van der Waals surface area contributed by atoms with Crippen molar-refractivity contribution in [2.45, 2.75) is 10.9 Å². The minimum atomic E-state index is -3.74. The molecule has 0 aliphatic rings. The van der Waals surface area contributed by atoms with E-state index in [1.165, 1.54) is 19.2 Å². The van der Waals surface area contributed by atoms with Gasteiger partial charge in [-0.2, -0.15) is 0 Å². The van der Waals surface area contributed by atoms with Gasteiger partial charge in [0.1, 0.15) is 5.75 Å². The van der Waals surface area contributed by atoms with Crippen LogP contribution in [0.2, 0.25) is 0 Å². The maximum Gasteiger partial charge on any atom is 0.241 e. The summed E-state index contributed by atoms with van der Waals surface area (Å²) in [5.74, 6) is 0.457. The predicted molar refractivity (Wildman–Crippen MR) is 79.6 cm³/mol. The lowest BCUT2D eigenvalue weighted by Gasteiger charge is -2.17. The molecule has 0 fully saturated rings. The second kappa shape index (κ2) is 6.71. The van der Waals surface area contributed by atoms with Crippen LogP contribution in [0.1, 0.15) is 11.6 Å². The highest BCUT2D eigenvalue weighted by Gasteiger charge is 2.21. The van der Waals surface area contributed by atoms with Gasteiger partial charge in [-0.1, -0.05) is 36.4 Å². The lowest BCUT2D eigenvalue weighted by molar-refractivity contribution is 0.259. The van der Waals surface area contributed by atoms with Crippen LogP contribution in [0, 0.1) is 0 Å². The van der Waals surface area contributed by atoms with Crippen molar-refractivity contribution in [3.05, 3.63) is 60.2 Å². The van der Waals surface area contributed by atoms with Crippen molar-refractivity contribution in [1.29, 1.82) is 0 Å². The quantitative estimate of drug-likeness (QED) is 0.852. The fourth-order valence-electron chi connectivity index (χ4n) is 1.92. The van der Waals surface area contributed by atoms with Gasteiger partial charge in [0.25, 0.3) is 0 Å². The van der Waals surface area contributed by atoms with Gasteiger partial charge < -0.3 is 9.84 Å². The Balaban J connectivity index is 2.27. The van der Waals surface area contributed by atoms with Crippen molar-refractivity contribution in [3.8, 4) is 5.75 Å². The molecule has 0 radical (unpaired) electrons. The number of nitrogens with one attached hydrogen (secondary N) is 1. The second-order valence-corrected chi connectivity index (χ2v) is 6.16. The lowest BCUT2D eigenvalue weighted by atomic mass is 10.1. The summed E-state index contributed by atoms with van der Waals surface area (Å²) >= 11 is 0. The van der Waals surface area contributed by atoms with Crippen molar-refractivity contribution < 1.29 is 18.3 Å². The van der Waals surface area contributed by atoms with E-state index >= 15 is 0 Å². The average molecular weight is 307 g/mol. The maximum absolute atomic E-state index is 12.4. The molecule has 0 saturated heterocycles. The average Bonchev–Trinajstić information content (AvgIpc) is 2.53. The van der Waals surface area contributed by atoms with Crippen molar-refractivity contribution in [3.63, 3.8) is 0 Å². The molecule has 0 spiro atoms. The molecule has 5 nitrogen and oxygen atoms in total. The van der Waals surface area contributed by atoms with E-state index in [0.717, 1.165) is 0 Å². The van der Waals surface area contributed by atoms with Crippen LogP contribution in [-0.2, 0) is 10.0 Å². The summed E-state index contributed by atoms with van der Waals surface area (Å²) in [4.78, 5) is 0.0937. The van der Waals surface area contributed by atoms with E-state index in [-0.39, 0.29) is 11.5 Å². The Kier molecular flexibility index (Phi) is 4.95. The number of aliphatic hydroxyl groups excluding tert-OH is 1. The first-order valence-corrected chi connectivity index (χ1v) is 7.87. The molecule has 1 atom stereocenters. The number of sulfonamides is 1. The SMILES string of the molecule is COc1cccc(S(=O)(=O)N[C@@H](CO)c2ccccc2)c1. The van der Waals surface area contributed by atoms with Crippen molar-refractivity contribution in [2.24, 2.45) is 0 Å². The molecule has 2 aromatic rings. The minimum Gasteiger partial charge on any atom is -0.497 e. The molecule has 2 aromatic carbocycles. The van der Waals surface area contributed by atoms with Gasteiger partial charge in [-0.25, -0.2) is 13.1 Å². The van der Waals surface area contributed by atoms with Crippen LogP contribution in [0.4, 0.5) is 0 Å². The number of rotatable bonds is 6. The van der Waals surface area contributed by atoms with Crippen LogP contribution in [0.25, 0.3) is 0 Å². The number of aliphatic hydroxyl groups is 1. The van der Waals surface area contributed by atoms with Gasteiger partial charge in [-0.3, -0.25) is 0 Å². The number of hydrogen-bond acceptors (Lipinski definition) is 4. The Bertz CT molecular complexity index is 686. The van der Waals surface area contributed by atoms with Gasteiger partial charge in [0.2, 0.25) is 10.0 Å². The van der Waals surface area contributed by atoms with Crippen molar-refractivity contribution >= 4 is 10.0 Å². The normalized spacial score (nSPS) is 12.9. The van der Waals surface area contributed by atoms with Crippen LogP contribution < -0.4 is 9.46 Å². The fraction of sp³-hybridized carbons (Fsp3) is 0.200. The third-order valence-electron chi connectivity index (χ3n) is 3.03. The monoisotopic (exact) mass is 307 g/mol. The molecule has 21 heavy (non-hydrogen) atoms. The summed E-state index contributed by atoms with van der Waals surface area (Å²) in [6, 6.07) is 14.4. The van der Waals surface area contributed by atoms with E-state index in [2.05, 4.69) is 4.72 Å². The summed E-state index contributed by atoms with van der Waals surface area (Å²) in [6.45, 7) is -0.326. The molecule has 0 aliphatic heterocycles. The number of benzene rings is 2. The highest BCUT2D eigenvalue weighted by molar-refractivity contribution is 7.89. The van der Waals surface area contributed by atoms with E-state index in [4.69, 9.17) is 4.74 Å². The Morgan fingerprint density at radius 2 is 1.86 bits per heavy atom. The van der Waals surface area contributed by atoms with E-state index in [0.29, 0.717) is 11.3 Å².